The highest BCUT2D eigenvalue weighted by molar-refractivity contribution is 5.58. The van der Waals surface area contributed by atoms with Crippen LogP contribution in [0.4, 0.5) is 26.1 Å². The summed E-state index contributed by atoms with van der Waals surface area (Å²) in [5, 5.41) is 5.33. The number of aromatic nitrogens is 2. The van der Waals surface area contributed by atoms with Crippen molar-refractivity contribution in [2.75, 3.05) is 17.7 Å². The Morgan fingerprint density at radius 2 is 1.71 bits per heavy atom. The molecule has 0 spiro atoms. The molecule has 1 heterocycles. The highest BCUT2D eigenvalue weighted by Gasteiger charge is 2.09. The zero-order valence-electron chi connectivity index (χ0n) is 9.04. The van der Waals surface area contributed by atoms with Crippen LogP contribution in [0.5, 0.6) is 0 Å². The predicted octanol–water partition coefficient (Wildman–Crippen LogP) is 2.54. The third kappa shape index (κ3) is 2.47. The zero-order valence-corrected chi connectivity index (χ0v) is 9.04. The van der Waals surface area contributed by atoms with Gasteiger partial charge in [-0.2, -0.15) is 0 Å². The normalized spacial score (nSPS) is 10.1. The lowest BCUT2D eigenvalue weighted by atomic mass is 10.3. The quantitative estimate of drug-likeness (QED) is 0.859. The molecule has 0 radical (unpaired) electrons. The third-order valence-electron chi connectivity index (χ3n) is 2.11. The number of benzene rings is 1. The van der Waals surface area contributed by atoms with Gasteiger partial charge in [0.2, 0.25) is 0 Å². The predicted molar refractivity (Wildman–Crippen MR) is 61.2 cm³/mol. The molecule has 1 aromatic heterocycles. The van der Waals surface area contributed by atoms with E-state index in [0.29, 0.717) is 5.82 Å². The molecule has 0 aliphatic heterocycles. The largest absolute Gasteiger partial charge is 0.372 e. The Morgan fingerprint density at radius 3 is 2.35 bits per heavy atom. The fraction of sp³-hybridized carbons (Fsp3) is 0.0909. The molecule has 6 heteroatoms. The van der Waals surface area contributed by atoms with Crippen molar-refractivity contribution in [1.29, 1.82) is 0 Å². The van der Waals surface area contributed by atoms with Crippen LogP contribution in [0.1, 0.15) is 0 Å². The van der Waals surface area contributed by atoms with Crippen LogP contribution in [0.3, 0.4) is 0 Å². The van der Waals surface area contributed by atoms with E-state index in [9.17, 15) is 8.78 Å². The molecule has 2 N–H and O–H groups in total. The molecule has 2 aromatic rings. The van der Waals surface area contributed by atoms with E-state index in [1.54, 1.807) is 7.05 Å². The first-order chi connectivity index (χ1) is 8.20. The Bertz CT molecular complexity index is 510. The van der Waals surface area contributed by atoms with Gasteiger partial charge in [-0.05, 0) is 12.1 Å². The summed E-state index contributed by atoms with van der Waals surface area (Å²) in [6.07, 6.45) is 2.88. The topological polar surface area (TPSA) is 49.8 Å². The van der Waals surface area contributed by atoms with E-state index >= 15 is 0 Å². The zero-order chi connectivity index (χ0) is 12.3. The van der Waals surface area contributed by atoms with Crippen LogP contribution in [0.2, 0.25) is 0 Å². The van der Waals surface area contributed by atoms with Crippen LogP contribution in [-0.2, 0) is 0 Å². The van der Waals surface area contributed by atoms with E-state index in [2.05, 4.69) is 20.6 Å². The summed E-state index contributed by atoms with van der Waals surface area (Å²) in [6, 6.07) is 3.63. The maximum absolute atomic E-state index is 13.4. The van der Waals surface area contributed by atoms with Crippen molar-refractivity contribution in [2.45, 2.75) is 0 Å². The fourth-order valence-corrected chi connectivity index (χ4v) is 1.29. The summed E-state index contributed by atoms with van der Waals surface area (Å²) in [5.41, 5.74) is -0.241. The molecular formula is C11H10F2N4. The molecule has 0 unspecified atom stereocenters. The van der Waals surface area contributed by atoms with E-state index < -0.39 is 11.6 Å². The second kappa shape index (κ2) is 4.73. The maximum Gasteiger partial charge on any atom is 0.151 e. The minimum atomic E-state index is -0.679. The van der Waals surface area contributed by atoms with Crippen LogP contribution in [0, 0.1) is 11.6 Å². The number of halogens is 2. The molecule has 17 heavy (non-hydrogen) atoms. The van der Waals surface area contributed by atoms with Crippen molar-refractivity contribution in [3.63, 3.8) is 0 Å². The molecule has 0 aliphatic rings. The van der Waals surface area contributed by atoms with Crippen molar-refractivity contribution in [1.82, 2.24) is 9.97 Å². The van der Waals surface area contributed by atoms with Gasteiger partial charge < -0.3 is 10.6 Å². The van der Waals surface area contributed by atoms with E-state index in [0.717, 1.165) is 0 Å². The highest BCUT2D eigenvalue weighted by Crippen LogP contribution is 2.21. The fourth-order valence-electron chi connectivity index (χ4n) is 1.29. The lowest BCUT2D eigenvalue weighted by Gasteiger charge is -2.08. The molecule has 4 nitrogen and oxygen atoms in total. The summed E-state index contributed by atoms with van der Waals surface area (Å²) in [4.78, 5) is 7.93. The highest BCUT2D eigenvalue weighted by atomic mass is 19.1. The number of nitrogens with one attached hydrogen (secondary N) is 2. The second-order valence-electron chi connectivity index (χ2n) is 3.26. The van der Waals surface area contributed by atoms with Gasteiger partial charge in [0.05, 0.1) is 12.4 Å². The Hall–Kier alpha value is -2.24. The molecule has 1 aromatic carbocycles. The van der Waals surface area contributed by atoms with Crippen molar-refractivity contribution < 1.29 is 8.78 Å². The van der Waals surface area contributed by atoms with Crippen LogP contribution in [0.15, 0.2) is 30.6 Å². The van der Waals surface area contributed by atoms with E-state index in [1.165, 1.54) is 30.6 Å². The minimum Gasteiger partial charge on any atom is -0.372 e. The number of rotatable bonds is 3. The van der Waals surface area contributed by atoms with Gasteiger partial charge in [0.1, 0.15) is 23.1 Å². The van der Waals surface area contributed by atoms with Crippen LogP contribution >= 0.6 is 0 Å². The average molecular weight is 236 g/mol. The molecule has 0 atom stereocenters. The van der Waals surface area contributed by atoms with Gasteiger partial charge in [-0.1, -0.05) is 6.07 Å². The first kappa shape index (κ1) is 11.3. The van der Waals surface area contributed by atoms with Crippen molar-refractivity contribution in [3.05, 3.63) is 42.2 Å². The smallest absolute Gasteiger partial charge is 0.151 e. The van der Waals surface area contributed by atoms with Gasteiger partial charge in [-0.3, -0.25) is 4.98 Å². The van der Waals surface area contributed by atoms with E-state index in [-0.39, 0.29) is 11.5 Å². The Labute approximate surface area is 96.7 Å². The standard InChI is InChI=1S/C11H10F2N4/c1-14-9-5-15-6-10(16-9)17-11-7(12)3-2-4-8(11)13/h2-6H,1H3,(H2,14,16,17). The molecule has 0 bridgehead atoms. The van der Waals surface area contributed by atoms with Crippen LogP contribution in [-0.4, -0.2) is 17.0 Å². The lowest BCUT2D eigenvalue weighted by Crippen LogP contribution is -2.01. The number of hydrogen-bond donors (Lipinski definition) is 2. The lowest BCUT2D eigenvalue weighted by molar-refractivity contribution is 0.590. The maximum atomic E-state index is 13.4. The summed E-state index contributed by atoms with van der Waals surface area (Å²) >= 11 is 0. The van der Waals surface area contributed by atoms with Gasteiger partial charge in [-0.15, -0.1) is 0 Å². The molecular weight excluding hydrogens is 226 g/mol. The van der Waals surface area contributed by atoms with Crippen LogP contribution < -0.4 is 10.6 Å². The van der Waals surface area contributed by atoms with Gasteiger partial charge in [0.25, 0.3) is 0 Å². The van der Waals surface area contributed by atoms with Crippen molar-refractivity contribution in [3.8, 4) is 0 Å². The summed E-state index contributed by atoms with van der Waals surface area (Å²) in [7, 11) is 1.68. The Morgan fingerprint density at radius 1 is 1.06 bits per heavy atom. The monoisotopic (exact) mass is 236 g/mol. The minimum absolute atomic E-state index is 0.241. The molecule has 0 saturated carbocycles. The van der Waals surface area contributed by atoms with Gasteiger partial charge in [0, 0.05) is 7.05 Å². The molecule has 0 amide bonds. The first-order valence-corrected chi connectivity index (χ1v) is 4.91. The first-order valence-electron chi connectivity index (χ1n) is 4.91. The summed E-state index contributed by atoms with van der Waals surface area (Å²) in [5.74, 6) is -0.587. The summed E-state index contributed by atoms with van der Waals surface area (Å²) < 4.78 is 26.7. The molecule has 0 fully saturated rings. The average Bonchev–Trinajstić information content (AvgIpc) is 2.34. The number of hydrogen-bond acceptors (Lipinski definition) is 4. The number of anilines is 3. The van der Waals surface area contributed by atoms with Gasteiger partial charge in [0.15, 0.2) is 5.82 Å². The van der Waals surface area contributed by atoms with Crippen LogP contribution in [0.25, 0.3) is 0 Å². The van der Waals surface area contributed by atoms with Crippen molar-refractivity contribution in [2.24, 2.45) is 0 Å². The third-order valence-corrected chi connectivity index (χ3v) is 2.11. The van der Waals surface area contributed by atoms with E-state index in [4.69, 9.17) is 0 Å². The SMILES string of the molecule is CNc1cncc(Nc2c(F)cccc2F)n1. The Balaban J connectivity index is 2.31. The second-order valence-corrected chi connectivity index (χ2v) is 3.26. The van der Waals surface area contributed by atoms with Crippen molar-refractivity contribution >= 4 is 17.3 Å². The molecule has 88 valence electrons. The summed E-state index contributed by atoms with van der Waals surface area (Å²) in [6.45, 7) is 0. The van der Waals surface area contributed by atoms with Gasteiger partial charge in [-0.25, -0.2) is 13.8 Å². The molecule has 2 rings (SSSR count). The molecule has 0 aliphatic carbocycles. The Kier molecular flexibility index (Phi) is 3.13. The van der Waals surface area contributed by atoms with Gasteiger partial charge >= 0.3 is 0 Å². The number of nitrogens with zero attached hydrogens (tertiary/aromatic N) is 2. The molecule has 0 saturated heterocycles. The van der Waals surface area contributed by atoms with E-state index in [1.807, 2.05) is 0 Å². The number of para-hydroxylation sites is 1.